The van der Waals surface area contributed by atoms with Gasteiger partial charge in [-0.15, -0.1) is 4.73 Å². The van der Waals surface area contributed by atoms with Gasteiger partial charge in [0, 0.05) is 16.1 Å². The van der Waals surface area contributed by atoms with E-state index in [1.165, 1.54) is 6.07 Å². The van der Waals surface area contributed by atoms with Gasteiger partial charge in [0.25, 0.3) is 5.56 Å². The maximum absolute atomic E-state index is 11.5. The Morgan fingerprint density at radius 3 is 2.65 bits per heavy atom. The molecule has 0 radical (unpaired) electrons. The van der Waals surface area contributed by atoms with Crippen molar-refractivity contribution < 1.29 is 5.21 Å². The molecular formula is C12H9BrClNO2. The van der Waals surface area contributed by atoms with Gasteiger partial charge in [0.1, 0.15) is 0 Å². The number of nitrogens with zero attached hydrogens (tertiary/aromatic N) is 1. The maximum Gasteiger partial charge on any atom is 0.283 e. The average molecular weight is 315 g/mol. The van der Waals surface area contributed by atoms with Crippen molar-refractivity contribution in [3.05, 3.63) is 55.7 Å². The first-order valence-electron chi connectivity index (χ1n) is 4.87. The number of aromatic nitrogens is 1. The summed E-state index contributed by atoms with van der Waals surface area (Å²) in [6, 6.07) is 8.30. The van der Waals surface area contributed by atoms with E-state index in [1.807, 2.05) is 0 Å². The fourth-order valence-corrected chi connectivity index (χ4v) is 2.05. The van der Waals surface area contributed by atoms with Crippen molar-refractivity contribution in [3.63, 3.8) is 0 Å². The summed E-state index contributed by atoms with van der Waals surface area (Å²) in [4.78, 5) is 11.5. The van der Waals surface area contributed by atoms with Crippen molar-refractivity contribution in [2.24, 2.45) is 0 Å². The molecule has 88 valence electrons. The molecule has 1 aromatic heterocycles. The number of pyridine rings is 1. The van der Waals surface area contributed by atoms with Gasteiger partial charge in [-0.25, -0.2) is 0 Å². The van der Waals surface area contributed by atoms with Gasteiger partial charge in [-0.2, -0.15) is 0 Å². The molecule has 0 aliphatic rings. The Morgan fingerprint density at radius 1 is 1.29 bits per heavy atom. The SMILES string of the molecule is Cc1cc(-c2ccc(Cl)c(Br)c2)n(O)c(=O)c1. The molecule has 0 bridgehead atoms. The third-order valence-corrected chi connectivity index (χ3v) is 3.58. The monoisotopic (exact) mass is 313 g/mol. The summed E-state index contributed by atoms with van der Waals surface area (Å²) in [5, 5.41) is 10.3. The lowest BCUT2D eigenvalue weighted by Crippen LogP contribution is -2.18. The van der Waals surface area contributed by atoms with Crippen LogP contribution < -0.4 is 5.56 Å². The third kappa shape index (κ3) is 2.37. The second kappa shape index (κ2) is 4.55. The maximum atomic E-state index is 11.5. The average Bonchev–Trinajstić information content (AvgIpc) is 2.27. The van der Waals surface area contributed by atoms with Crippen LogP contribution in [0.3, 0.4) is 0 Å². The number of hydrogen-bond acceptors (Lipinski definition) is 2. The van der Waals surface area contributed by atoms with Crippen LogP contribution in [-0.4, -0.2) is 9.94 Å². The van der Waals surface area contributed by atoms with Gasteiger partial charge in [0.2, 0.25) is 0 Å². The largest absolute Gasteiger partial charge is 0.425 e. The van der Waals surface area contributed by atoms with Crippen molar-refractivity contribution in [2.75, 3.05) is 0 Å². The van der Waals surface area contributed by atoms with Gasteiger partial charge < -0.3 is 5.21 Å². The minimum absolute atomic E-state index is 0.437. The first-order valence-corrected chi connectivity index (χ1v) is 6.04. The van der Waals surface area contributed by atoms with Crippen molar-refractivity contribution in [1.29, 1.82) is 0 Å². The number of rotatable bonds is 1. The topological polar surface area (TPSA) is 42.2 Å². The molecule has 5 heteroatoms. The summed E-state index contributed by atoms with van der Waals surface area (Å²) in [5.41, 5.74) is 1.49. The highest BCUT2D eigenvalue weighted by molar-refractivity contribution is 9.10. The molecular weight excluding hydrogens is 305 g/mol. The van der Waals surface area contributed by atoms with E-state index in [0.29, 0.717) is 25.5 Å². The minimum Gasteiger partial charge on any atom is -0.425 e. The second-order valence-electron chi connectivity index (χ2n) is 3.70. The summed E-state index contributed by atoms with van der Waals surface area (Å²) < 4.78 is 1.34. The highest BCUT2D eigenvalue weighted by atomic mass is 79.9. The van der Waals surface area contributed by atoms with E-state index in [9.17, 15) is 10.0 Å². The number of hydrogen-bond donors (Lipinski definition) is 1. The van der Waals surface area contributed by atoms with E-state index in [2.05, 4.69) is 15.9 Å². The van der Waals surface area contributed by atoms with Gasteiger partial charge in [-0.3, -0.25) is 4.79 Å². The summed E-state index contributed by atoms with van der Waals surface area (Å²) >= 11 is 9.20. The molecule has 2 aromatic rings. The molecule has 0 aliphatic heterocycles. The molecule has 0 amide bonds. The Bertz CT molecular complexity index is 637. The molecule has 0 unspecified atom stereocenters. The zero-order chi connectivity index (χ0) is 12.6. The first kappa shape index (κ1) is 12.2. The van der Waals surface area contributed by atoms with Crippen LogP contribution in [0.15, 0.2) is 39.6 Å². The van der Waals surface area contributed by atoms with Crippen molar-refractivity contribution >= 4 is 27.5 Å². The molecule has 3 nitrogen and oxygen atoms in total. The number of halogens is 2. The molecule has 2 rings (SSSR count). The van der Waals surface area contributed by atoms with Gasteiger partial charge in [-0.05, 0) is 46.6 Å². The standard InChI is InChI=1S/C12H9BrClNO2/c1-7-4-11(15(17)12(16)5-7)8-2-3-10(14)9(13)6-8/h2-6,17H,1H3. The Labute approximate surface area is 111 Å². The number of aryl methyl sites for hydroxylation is 1. The van der Waals surface area contributed by atoms with Crippen molar-refractivity contribution in [1.82, 2.24) is 4.73 Å². The van der Waals surface area contributed by atoms with E-state index in [1.54, 1.807) is 31.2 Å². The van der Waals surface area contributed by atoms with E-state index in [-0.39, 0.29) is 0 Å². The quantitative estimate of drug-likeness (QED) is 0.819. The van der Waals surface area contributed by atoms with Crippen molar-refractivity contribution in [3.8, 4) is 11.3 Å². The fourth-order valence-electron chi connectivity index (χ4n) is 1.55. The summed E-state index contributed by atoms with van der Waals surface area (Å²) in [5.74, 6) is 0. The Hall–Kier alpha value is -1.26. The predicted octanol–water partition coefficient (Wildman–Crippen LogP) is 3.48. The second-order valence-corrected chi connectivity index (χ2v) is 4.96. The van der Waals surface area contributed by atoms with Gasteiger partial charge in [0.15, 0.2) is 0 Å². The summed E-state index contributed by atoms with van der Waals surface area (Å²) in [6.07, 6.45) is 0. The lowest BCUT2D eigenvalue weighted by Gasteiger charge is -2.08. The summed E-state index contributed by atoms with van der Waals surface area (Å²) in [7, 11) is 0. The van der Waals surface area contributed by atoms with E-state index in [4.69, 9.17) is 11.6 Å². The van der Waals surface area contributed by atoms with Crippen LogP contribution in [0.25, 0.3) is 11.3 Å². The van der Waals surface area contributed by atoms with Crippen LogP contribution in [0.2, 0.25) is 5.02 Å². The van der Waals surface area contributed by atoms with Gasteiger partial charge in [0.05, 0.1) is 10.7 Å². The Morgan fingerprint density at radius 2 is 2.00 bits per heavy atom. The lowest BCUT2D eigenvalue weighted by molar-refractivity contribution is 0.179. The fraction of sp³-hybridized carbons (Fsp3) is 0.0833. The van der Waals surface area contributed by atoms with Gasteiger partial charge >= 0.3 is 0 Å². The molecule has 0 saturated heterocycles. The molecule has 0 saturated carbocycles. The minimum atomic E-state index is -0.453. The highest BCUT2D eigenvalue weighted by Gasteiger charge is 2.08. The van der Waals surface area contributed by atoms with Crippen LogP contribution in [0.4, 0.5) is 0 Å². The van der Waals surface area contributed by atoms with Crippen LogP contribution in [0, 0.1) is 6.92 Å². The highest BCUT2D eigenvalue weighted by Crippen LogP contribution is 2.28. The Balaban J connectivity index is 2.68. The molecule has 0 fully saturated rings. The van der Waals surface area contributed by atoms with E-state index < -0.39 is 5.56 Å². The number of benzene rings is 1. The first-order chi connectivity index (χ1) is 7.99. The van der Waals surface area contributed by atoms with E-state index >= 15 is 0 Å². The molecule has 1 aromatic carbocycles. The molecule has 17 heavy (non-hydrogen) atoms. The third-order valence-electron chi connectivity index (χ3n) is 2.37. The van der Waals surface area contributed by atoms with Crippen LogP contribution >= 0.6 is 27.5 Å². The van der Waals surface area contributed by atoms with Gasteiger partial charge in [-0.1, -0.05) is 17.7 Å². The zero-order valence-electron chi connectivity index (χ0n) is 8.95. The molecule has 0 atom stereocenters. The smallest absolute Gasteiger partial charge is 0.283 e. The molecule has 0 spiro atoms. The molecule has 1 N–H and O–H groups in total. The van der Waals surface area contributed by atoms with Crippen LogP contribution in [-0.2, 0) is 0 Å². The predicted molar refractivity (Wildman–Crippen MR) is 70.8 cm³/mol. The lowest BCUT2D eigenvalue weighted by atomic mass is 10.1. The van der Waals surface area contributed by atoms with Crippen molar-refractivity contribution in [2.45, 2.75) is 6.92 Å². The summed E-state index contributed by atoms with van der Waals surface area (Å²) in [6.45, 7) is 1.80. The molecule has 1 heterocycles. The molecule has 0 aliphatic carbocycles. The van der Waals surface area contributed by atoms with Crippen LogP contribution in [0.5, 0.6) is 0 Å². The Kier molecular flexibility index (Phi) is 3.26. The zero-order valence-corrected chi connectivity index (χ0v) is 11.3. The van der Waals surface area contributed by atoms with E-state index in [0.717, 1.165) is 5.56 Å². The normalized spacial score (nSPS) is 10.5. The van der Waals surface area contributed by atoms with Crippen LogP contribution in [0.1, 0.15) is 5.56 Å².